The van der Waals surface area contributed by atoms with Crippen molar-refractivity contribution in [3.8, 4) is 0 Å². The second-order valence-electron chi connectivity index (χ2n) is 4.67. The van der Waals surface area contributed by atoms with Gasteiger partial charge in [0.15, 0.2) is 0 Å². The van der Waals surface area contributed by atoms with Crippen LogP contribution in [0.4, 0.5) is 0 Å². The first kappa shape index (κ1) is 12.2. The Bertz CT molecular complexity index is 720. The van der Waals surface area contributed by atoms with Crippen molar-refractivity contribution in [2.24, 2.45) is 0 Å². The quantitative estimate of drug-likeness (QED) is 0.646. The Labute approximate surface area is 117 Å². The molecule has 0 saturated heterocycles. The maximum atomic E-state index is 4.58. The molecule has 2 heteroatoms. The van der Waals surface area contributed by atoms with Crippen LogP contribution in [0.1, 0.15) is 11.3 Å². The number of hydrogen-bond acceptors (Lipinski definition) is 2. The lowest BCUT2D eigenvalue weighted by Crippen LogP contribution is -1.87. The molecular weight excluding hydrogens is 250 g/mol. The van der Waals surface area contributed by atoms with Crippen LogP contribution < -0.4 is 0 Å². The van der Waals surface area contributed by atoms with E-state index in [9.17, 15) is 0 Å². The minimum absolute atomic E-state index is 1.08. The van der Waals surface area contributed by atoms with Crippen LogP contribution in [0.3, 0.4) is 0 Å². The van der Waals surface area contributed by atoms with Crippen LogP contribution >= 0.6 is 11.8 Å². The summed E-state index contributed by atoms with van der Waals surface area (Å²) in [6.07, 6.45) is 0. The molecule has 3 aromatic rings. The molecule has 0 radical (unpaired) electrons. The molecule has 0 aliphatic heterocycles. The van der Waals surface area contributed by atoms with E-state index in [1.54, 1.807) is 11.8 Å². The van der Waals surface area contributed by atoms with E-state index < -0.39 is 0 Å². The number of pyridine rings is 1. The lowest BCUT2D eigenvalue weighted by Gasteiger charge is -2.06. The third kappa shape index (κ3) is 2.64. The molecule has 0 spiro atoms. The van der Waals surface area contributed by atoms with Gasteiger partial charge in [-0.1, -0.05) is 30.0 Å². The summed E-state index contributed by atoms with van der Waals surface area (Å²) in [5.74, 6) is 0. The normalized spacial score (nSPS) is 10.8. The number of benzene rings is 2. The average molecular weight is 265 g/mol. The number of fused-ring (bicyclic) bond motifs is 1. The van der Waals surface area contributed by atoms with Crippen molar-refractivity contribution in [3.63, 3.8) is 0 Å². The molecule has 1 nitrogen and oxygen atoms in total. The van der Waals surface area contributed by atoms with E-state index in [0.717, 1.165) is 11.2 Å². The molecule has 0 aliphatic carbocycles. The van der Waals surface area contributed by atoms with Gasteiger partial charge < -0.3 is 0 Å². The fraction of sp³-hybridized carbons (Fsp3) is 0.118. The van der Waals surface area contributed by atoms with E-state index in [4.69, 9.17) is 0 Å². The highest BCUT2D eigenvalue weighted by Gasteiger charge is 2.03. The third-order valence-electron chi connectivity index (χ3n) is 3.09. The van der Waals surface area contributed by atoms with Gasteiger partial charge >= 0.3 is 0 Å². The molecule has 0 amide bonds. The van der Waals surface area contributed by atoms with Gasteiger partial charge in [0, 0.05) is 20.9 Å². The van der Waals surface area contributed by atoms with Gasteiger partial charge in [-0.3, -0.25) is 4.98 Å². The molecule has 0 unspecified atom stereocenters. The van der Waals surface area contributed by atoms with Crippen molar-refractivity contribution >= 4 is 22.7 Å². The lowest BCUT2D eigenvalue weighted by molar-refractivity contribution is 1.23. The zero-order valence-electron chi connectivity index (χ0n) is 11.1. The topological polar surface area (TPSA) is 12.9 Å². The first-order valence-electron chi connectivity index (χ1n) is 6.33. The molecule has 1 heterocycles. The maximum absolute atomic E-state index is 4.58. The Balaban J connectivity index is 2.02. The van der Waals surface area contributed by atoms with Gasteiger partial charge in [-0.05, 0) is 55.8 Å². The number of aromatic nitrogens is 1. The molecule has 3 rings (SSSR count). The summed E-state index contributed by atoms with van der Waals surface area (Å²) in [6.45, 7) is 4.19. The SMILES string of the molecule is Cc1cc(C)c2cc(Sc3ccccc3)ccc2n1. The summed E-state index contributed by atoms with van der Waals surface area (Å²) in [7, 11) is 0. The van der Waals surface area contributed by atoms with Crippen LogP contribution in [-0.4, -0.2) is 4.98 Å². The minimum atomic E-state index is 1.08. The Morgan fingerprint density at radius 3 is 2.42 bits per heavy atom. The van der Waals surface area contributed by atoms with E-state index >= 15 is 0 Å². The molecule has 0 saturated carbocycles. The molecule has 2 aromatic carbocycles. The summed E-state index contributed by atoms with van der Waals surface area (Å²) in [5.41, 5.74) is 3.45. The highest BCUT2D eigenvalue weighted by Crippen LogP contribution is 2.30. The largest absolute Gasteiger partial charge is 0.253 e. The summed E-state index contributed by atoms with van der Waals surface area (Å²) < 4.78 is 0. The van der Waals surface area contributed by atoms with Crippen LogP contribution in [0.2, 0.25) is 0 Å². The van der Waals surface area contributed by atoms with E-state index in [2.05, 4.69) is 60.4 Å². The number of hydrogen-bond donors (Lipinski definition) is 0. The van der Waals surface area contributed by atoms with Crippen LogP contribution in [0.5, 0.6) is 0 Å². The van der Waals surface area contributed by atoms with E-state index in [0.29, 0.717) is 0 Å². The van der Waals surface area contributed by atoms with Crippen molar-refractivity contribution in [1.29, 1.82) is 0 Å². The van der Waals surface area contributed by atoms with Crippen LogP contribution in [0.15, 0.2) is 64.4 Å². The van der Waals surface area contributed by atoms with Crippen molar-refractivity contribution < 1.29 is 0 Å². The molecule has 0 aliphatic rings. The molecule has 0 bridgehead atoms. The van der Waals surface area contributed by atoms with Crippen molar-refractivity contribution in [3.05, 3.63) is 65.9 Å². The first-order chi connectivity index (χ1) is 9.22. The van der Waals surface area contributed by atoms with Gasteiger partial charge in [-0.15, -0.1) is 0 Å². The Morgan fingerprint density at radius 2 is 1.63 bits per heavy atom. The Hall–Kier alpha value is -1.80. The molecule has 94 valence electrons. The fourth-order valence-corrected chi connectivity index (χ4v) is 3.11. The average Bonchev–Trinajstić information content (AvgIpc) is 2.40. The van der Waals surface area contributed by atoms with Gasteiger partial charge in [0.1, 0.15) is 0 Å². The Morgan fingerprint density at radius 1 is 0.842 bits per heavy atom. The predicted octanol–water partition coefficient (Wildman–Crippen LogP) is 5.00. The van der Waals surface area contributed by atoms with Gasteiger partial charge in [-0.25, -0.2) is 0 Å². The third-order valence-corrected chi connectivity index (χ3v) is 4.09. The Kier molecular flexibility index (Phi) is 3.26. The van der Waals surface area contributed by atoms with E-state index in [1.807, 2.05) is 13.0 Å². The molecular formula is C17H15NS. The van der Waals surface area contributed by atoms with Crippen LogP contribution in [0, 0.1) is 13.8 Å². The van der Waals surface area contributed by atoms with Crippen LogP contribution in [-0.2, 0) is 0 Å². The van der Waals surface area contributed by atoms with Gasteiger partial charge in [0.25, 0.3) is 0 Å². The van der Waals surface area contributed by atoms with Crippen LogP contribution in [0.25, 0.3) is 10.9 Å². The maximum Gasteiger partial charge on any atom is 0.0708 e. The predicted molar refractivity (Wildman–Crippen MR) is 81.8 cm³/mol. The van der Waals surface area contributed by atoms with Gasteiger partial charge in [0.2, 0.25) is 0 Å². The second-order valence-corrected chi connectivity index (χ2v) is 5.82. The molecule has 0 fully saturated rings. The zero-order chi connectivity index (χ0) is 13.2. The standard InChI is InChI=1S/C17H15NS/c1-12-10-13(2)18-17-9-8-15(11-16(12)17)19-14-6-4-3-5-7-14/h3-11H,1-2H3. The summed E-state index contributed by atoms with van der Waals surface area (Å²) in [6, 6.07) is 19.1. The highest BCUT2D eigenvalue weighted by atomic mass is 32.2. The lowest BCUT2D eigenvalue weighted by atomic mass is 10.1. The minimum Gasteiger partial charge on any atom is -0.253 e. The molecule has 19 heavy (non-hydrogen) atoms. The second kappa shape index (κ2) is 5.06. The highest BCUT2D eigenvalue weighted by molar-refractivity contribution is 7.99. The van der Waals surface area contributed by atoms with E-state index in [-0.39, 0.29) is 0 Å². The molecule has 0 atom stereocenters. The van der Waals surface area contributed by atoms with Gasteiger partial charge in [0.05, 0.1) is 5.52 Å². The number of rotatable bonds is 2. The van der Waals surface area contributed by atoms with Crippen molar-refractivity contribution in [2.75, 3.05) is 0 Å². The van der Waals surface area contributed by atoms with Gasteiger partial charge in [-0.2, -0.15) is 0 Å². The fourth-order valence-electron chi connectivity index (χ4n) is 2.23. The summed E-state index contributed by atoms with van der Waals surface area (Å²) in [5, 5.41) is 1.24. The van der Waals surface area contributed by atoms with Crippen molar-refractivity contribution in [1.82, 2.24) is 4.98 Å². The summed E-state index contributed by atoms with van der Waals surface area (Å²) in [4.78, 5) is 7.10. The molecule has 0 N–H and O–H groups in total. The van der Waals surface area contributed by atoms with E-state index in [1.165, 1.54) is 20.7 Å². The number of aryl methyl sites for hydroxylation is 2. The zero-order valence-corrected chi connectivity index (χ0v) is 11.9. The molecule has 1 aromatic heterocycles. The first-order valence-corrected chi connectivity index (χ1v) is 7.15. The smallest absolute Gasteiger partial charge is 0.0708 e. The number of nitrogens with zero attached hydrogens (tertiary/aromatic N) is 1. The van der Waals surface area contributed by atoms with Crippen molar-refractivity contribution in [2.45, 2.75) is 23.6 Å². The summed E-state index contributed by atoms with van der Waals surface area (Å²) >= 11 is 1.79. The monoisotopic (exact) mass is 265 g/mol.